The monoisotopic (exact) mass is 204 g/mol. The summed E-state index contributed by atoms with van der Waals surface area (Å²) in [6.45, 7) is 0. The number of carboxylic acids is 1. The molecule has 0 radical (unpaired) electrons. The molecular formula is C7H5ClO3S. The molecule has 0 amide bonds. The van der Waals surface area contributed by atoms with Gasteiger partial charge >= 0.3 is 5.97 Å². The number of halogens is 1. The van der Waals surface area contributed by atoms with Gasteiger partial charge in [-0.1, -0.05) is 11.6 Å². The molecule has 1 rings (SSSR count). The van der Waals surface area contributed by atoms with Gasteiger partial charge < -0.3 is 9.66 Å². The number of rotatable bonds is 2. The van der Waals surface area contributed by atoms with Gasteiger partial charge in [0.2, 0.25) is 0 Å². The summed E-state index contributed by atoms with van der Waals surface area (Å²) in [5.74, 6) is -1.07. The lowest BCUT2D eigenvalue weighted by Gasteiger charge is -1.99. The van der Waals surface area contributed by atoms with Crippen LogP contribution in [0.4, 0.5) is 0 Å². The van der Waals surface area contributed by atoms with Crippen molar-refractivity contribution in [3.63, 3.8) is 0 Å². The number of hydrogen-bond donors (Lipinski definition) is 2. The second-order valence-electron chi connectivity index (χ2n) is 2.04. The molecule has 1 aromatic rings. The smallest absolute Gasteiger partial charge is 0.337 e. The highest BCUT2D eigenvalue weighted by Gasteiger charge is 2.08. The van der Waals surface area contributed by atoms with E-state index in [-0.39, 0.29) is 10.6 Å². The van der Waals surface area contributed by atoms with Gasteiger partial charge in [0.25, 0.3) is 0 Å². The minimum absolute atomic E-state index is 0.0365. The third kappa shape index (κ3) is 1.91. The van der Waals surface area contributed by atoms with Crippen molar-refractivity contribution in [1.82, 2.24) is 0 Å². The van der Waals surface area contributed by atoms with Crippen LogP contribution in [0, 0.1) is 0 Å². The summed E-state index contributed by atoms with van der Waals surface area (Å²) in [5.41, 5.74) is 0.0365. The van der Waals surface area contributed by atoms with Gasteiger partial charge in [0.15, 0.2) is 0 Å². The number of hydrogen-bond acceptors (Lipinski definition) is 3. The SMILES string of the molecule is O=C(O)c1ccc(SO)cc1Cl. The molecule has 5 heteroatoms. The Bertz CT molecular complexity index is 314. The molecule has 12 heavy (non-hydrogen) atoms. The lowest BCUT2D eigenvalue weighted by molar-refractivity contribution is 0.0697. The van der Waals surface area contributed by atoms with Crippen molar-refractivity contribution < 1.29 is 14.5 Å². The average Bonchev–Trinajstić information content (AvgIpc) is 2.03. The molecule has 0 saturated heterocycles. The normalized spacial score (nSPS) is 9.83. The van der Waals surface area contributed by atoms with Gasteiger partial charge in [-0.25, -0.2) is 4.79 Å². The van der Waals surface area contributed by atoms with Gasteiger partial charge in [0, 0.05) is 16.9 Å². The van der Waals surface area contributed by atoms with Gasteiger partial charge in [-0.3, -0.25) is 0 Å². The van der Waals surface area contributed by atoms with Crippen LogP contribution in [0.3, 0.4) is 0 Å². The summed E-state index contributed by atoms with van der Waals surface area (Å²) in [7, 11) is 0. The third-order valence-corrected chi connectivity index (χ3v) is 2.05. The summed E-state index contributed by atoms with van der Waals surface area (Å²) >= 11 is 6.12. The van der Waals surface area contributed by atoms with Crippen molar-refractivity contribution in [1.29, 1.82) is 0 Å². The molecule has 0 saturated carbocycles. The van der Waals surface area contributed by atoms with Crippen LogP contribution in [0.5, 0.6) is 0 Å². The Labute approximate surface area is 78.2 Å². The molecule has 0 aliphatic heterocycles. The van der Waals surface area contributed by atoms with E-state index in [9.17, 15) is 4.79 Å². The maximum atomic E-state index is 10.5. The topological polar surface area (TPSA) is 57.5 Å². The standard InChI is InChI=1S/C7H5ClO3S/c8-6-3-4(12-11)1-2-5(6)7(9)10/h1-3,11H,(H,9,10). The van der Waals surface area contributed by atoms with Crippen LogP contribution in [0.2, 0.25) is 5.02 Å². The Balaban J connectivity index is 3.12. The average molecular weight is 205 g/mol. The number of benzene rings is 1. The van der Waals surface area contributed by atoms with Crippen LogP contribution in [-0.2, 0) is 0 Å². The van der Waals surface area contributed by atoms with Crippen LogP contribution >= 0.6 is 23.6 Å². The van der Waals surface area contributed by atoms with E-state index < -0.39 is 5.97 Å². The molecule has 2 N–H and O–H groups in total. The van der Waals surface area contributed by atoms with Crippen molar-refractivity contribution >= 4 is 29.6 Å². The zero-order valence-electron chi connectivity index (χ0n) is 5.82. The predicted octanol–water partition coefficient (Wildman–Crippen LogP) is 2.60. The molecule has 0 unspecified atom stereocenters. The van der Waals surface area contributed by atoms with Gasteiger partial charge in [0.05, 0.1) is 10.6 Å². The van der Waals surface area contributed by atoms with Gasteiger partial charge in [-0.2, -0.15) is 0 Å². The predicted molar refractivity (Wildman–Crippen MR) is 46.9 cm³/mol. The zero-order chi connectivity index (χ0) is 9.14. The zero-order valence-corrected chi connectivity index (χ0v) is 7.39. The molecule has 0 fully saturated rings. The number of aromatic carboxylic acids is 1. The molecule has 0 aromatic heterocycles. The van der Waals surface area contributed by atoms with E-state index in [2.05, 4.69) is 0 Å². The molecular weight excluding hydrogens is 200 g/mol. The molecule has 0 bridgehead atoms. The first-order chi connectivity index (χ1) is 5.65. The van der Waals surface area contributed by atoms with Crippen LogP contribution in [0.15, 0.2) is 23.1 Å². The van der Waals surface area contributed by atoms with E-state index in [4.69, 9.17) is 21.3 Å². The molecule has 0 heterocycles. The molecule has 1 aromatic carbocycles. The second kappa shape index (κ2) is 3.80. The first kappa shape index (κ1) is 9.38. The van der Waals surface area contributed by atoms with E-state index in [1.807, 2.05) is 0 Å². The molecule has 0 spiro atoms. The van der Waals surface area contributed by atoms with Crippen molar-refractivity contribution in [3.05, 3.63) is 28.8 Å². The van der Waals surface area contributed by atoms with Gasteiger partial charge in [-0.15, -0.1) is 0 Å². The number of carbonyl (C=O) groups is 1. The fourth-order valence-electron chi connectivity index (χ4n) is 0.726. The molecule has 3 nitrogen and oxygen atoms in total. The molecule has 0 aliphatic rings. The third-order valence-electron chi connectivity index (χ3n) is 1.28. The fraction of sp³-hybridized carbons (Fsp3) is 0. The molecule has 64 valence electrons. The van der Waals surface area contributed by atoms with Crippen molar-refractivity contribution in [2.75, 3.05) is 0 Å². The minimum atomic E-state index is -1.07. The van der Waals surface area contributed by atoms with Crippen molar-refractivity contribution in [2.45, 2.75) is 4.90 Å². The van der Waals surface area contributed by atoms with Crippen LogP contribution in [0.1, 0.15) is 10.4 Å². The Hall–Kier alpha value is -0.710. The Kier molecular flexibility index (Phi) is 2.97. The summed E-state index contributed by atoms with van der Waals surface area (Å²) in [4.78, 5) is 11.0. The summed E-state index contributed by atoms with van der Waals surface area (Å²) in [5, 5.41) is 8.70. The Morgan fingerprint density at radius 1 is 1.50 bits per heavy atom. The van der Waals surface area contributed by atoms with E-state index in [1.54, 1.807) is 0 Å². The summed E-state index contributed by atoms with van der Waals surface area (Å²) < 4.78 is 8.60. The van der Waals surface area contributed by atoms with Crippen molar-refractivity contribution in [3.8, 4) is 0 Å². The van der Waals surface area contributed by atoms with Gasteiger partial charge in [-0.05, 0) is 18.2 Å². The van der Waals surface area contributed by atoms with E-state index >= 15 is 0 Å². The fourth-order valence-corrected chi connectivity index (χ4v) is 1.35. The Morgan fingerprint density at radius 3 is 2.58 bits per heavy atom. The van der Waals surface area contributed by atoms with E-state index in [1.165, 1.54) is 18.2 Å². The number of carboxylic acid groups (broad SMARTS) is 1. The first-order valence-electron chi connectivity index (χ1n) is 2.99. The molecule has 0 aliphatic carbocycles. The molecule has 0 atom stereocenters. The lowest BCUT2D eigenvalue weighted by atomic mass is 10.2. The first-order valence-corrected chi connectivity index (χ1v) is 4.14. The highest BCUT2D eigenvalue weighted by Crippen LogP contribution is 2.22. The highest BCUT2D eigenvalue weighted by atomic mass is 35.5. The largest absolute Gasteiger partial charge is 0.478 e. The quantitative estimate of drug-likeness (QED) is 0.727. The maximum absolute atomic E-state index is 10.5. The van der Waals surface area contributed by atoms with Crippen LogP contribution in [0.25, 0.3) is 0 Å². The van der Waals surface area contributed by atoms with Crippen molar-refractivity contribution in [2.24, 2.45) is 0 Å². The van der Waals surface area contributed by atoms with Crippen LogP contribution < -0.4 is 0 Å². The second-order valence-corrected chi connectivity index (χ2v) is 3.10. The minimum Gasteiger partial charge on any atom is -0.478 e. The summed E-state index contributed by atoms with van der Waals surface area (Å²) in [6, 6.07) is 4.24. The lowest BCUT2D eigenvalue weighted by Crippen LogP contribution is -1.96. The van der Waals surface area contributed by atoms with Gasteiger partial charge in [0.1, 0.15) is 0 Å². The maximum Gasteiger partial charge on any atom is 0.337 e. The van der Waals surface area contributed by atoms with Crippen LogP contribution in [-0.4, -0.2) is 15.6 Å². The highest BCUT2D eigenvalue weighted by molar-refractivity contribution is 7.93. The summed E-state index contributed by atoms with van der Waals surface area (Å²) in [6.07, 6.45) is 0. The van der Waals surface area contributed by atoms with E-state index in [0.717, 1.165) is 0 Å². The van der Waals surface area contributed by atoms with E-state index in [0.29, 0.717) is 16.9 Å². The Morgan fingerprint density at radius 2 is 2.17 bits per heavy atom.